The summed E-state index contributed by atoms with van der Waals surface area (Å²) in [6.45, 7) is 4.68. The molecular formula is C48H31N3OS. The van der Waals surface area contributed by atoms with Crippen LogP contribution in [0.4, 0.5) is 0 Å². The van der Waals surface area contributed by atoms with Crippen molar-refractivity contribution in [2.24, 2.45) is 0 Å². The Bertz CT molecular complexity index is 3100. The van der Waals surface area contributed by atoms with Crippen LogP contribution in [0.5, 0.6) is 0 Å². The summed E-state index contributed by atoms with van der Waals surface area (Å²) in [7, 11) is 0. The Balaban J connectivity index is 1.14. The van der Waals surface area contributed by atoms with E-state index in [4.69, 9.17) is 19.4 Å². The summed E-state index contributed by atoms with van der Waals surface area (Å²) in [5, 5.41) is 4.48. The second-order valence-corrected chi connectivity index (χ2v) is 15.4. The van der Waals surface area contributed by atoms with Gasteiger partial charge in [0.1, 0.15) is 11.2 Å². The van der Waals surface area contributed by atoms with E-state index in [1.165, 1.54) is 48.0 Å². The average molecular weight is 698 g/mol. The van der Waals surface area contributed by atoms with Crippen LogP contribution in [0.2, 0.25) is 0 Å². The van der Waals surface area contributed by atoms with Gasteiger partial charge in [-0.2, -0.15) is 0 Å². The Morgan fingerprint density at radius 2 is 1.13 bits per heavy atom. The maximum atomic E-state index is 6.54. The molecule has 0 saturated heterocycles. The summed E-state index contributed by atoms with van der Waals surface area (Å²) < 4.78 is 8.95. The molecule has 53 heavy (non-hydrogen) atoms. The van der Waals surface area contributed by atoms with Gasteiger partial charge in [0, 0.05) is 53.1 Å². The number of hydrogen-bond donors (Lipinski definition) is 0. The van der Waals surface area contributed by atoms with E-state index in [1.54, 1.807) is 11.3 Å². The van der Waals surface area contributed by atoms with Gasteiger partial charge in [0.05, 0.1) is 0 Å². The van der Waals surface area contributed by atoms with Crippen LogP contribution in [0.15, 0.2) is 156 Å². The smallest absolute Gasteiger partial charge is 0.165 e. The first-order valence-electron chi connectivity index (χ1n) is 17.9. The first kappa shape index (κ1) is 30.2. The molecule has 1 aliphatic carbocycles. The van der Waals surface area contributed by atoms with Gasteiger partial charge in [0.15, 0.2) is 17.5 Å². The fourth-order valence-electron chi connectivity index (χ4n) is 8.53. The van der Waals surface area contributed by atoms with E-state index in [9.17, 15) is 0 Å². The zero-order valence-corrected chi connectivity index (χ0v) is 29.9. The van der Waals surface area contributed by atoms with Crippen molar-refractivity contribution >= 4 is 53.4 Å². The molecule has 0 amide bonds. The Morgan fingerprint density at radius 3 is 2.04 bits per heavy atom. The average Bonchev–Trinajstić information content (AvgIpc) is 3.85. The Kier molecular flexibility index (Phi) is 6.43. The summed E-state index contributed by atoms with van der Waals surface area (Å²) >= 11 is 1.78. The van der Waals surface area contributed by atoms with Crippen LogP contribution in [0.1, 0.15) is 25.0 Å². The predicted octanol–water partition coefficient (Wildman–Crippen LogP) is 13.1. The molecule has 5 heteroatoms. The molecule has 250 valence electrons. The van der Waals surface area contributed by atoms with Crippen molar-refractivity contribution < 1.29 is 4.42 Å². The van der Waals surface area contributed by atoms with E-state index >= 15 is 0 Å². The molecule has 0 aliphatic heterocycles. The van der Waals surface area contributed by atoms with Crippen molar-refractivity contribution in [3.05, 3.63) is 163 Å². The highest BCUT2D eigenvalue weighted by atomic mass is 32.1. The van der Waals surface area contributed by atoms with Crippen LogP contribution < -0.4 is 0 Å². The molecule has 0 atom stereocenters. The lowest BCUT2D eigenvalue weighted by molar-refractivity contribution is 0.662. The van der Waals surface area contributed by atoms with E-state index in [2.05, 4.69) is 135 Å². The number of aromatic nitrogens is 3. The number of rotatable bonds is 4. The van der Waals surface area contributed by atoms with E-state index in [-0.39, 0.29) is 5.41 Å². The lowest BCUT2D eigenvalue weighted by Crippen LogP contribution is -2.16. The number of nitrogens with zero attached hydrogens (tertiary/aromatic N) is 3. The van der Waals surface area contributed by atoms with Gasteiger partial charge < -0.3 is 4.42 Å². The van der Waals surface area contributed by atoms with Gasteiger partial charge in [-0.15, -0.1) is 11.3 Å². The maximum Gasteiger partial charge on any atom is 0.165 e. The van der Waals surface area contributed by atoms with Gasteiger partial charge in [0.2, 0.25) is 0 Å². The number of hydrogen-bond acceptors (Lipinski definition) is 5. The van der Waals surface area contributed by atoms with Crippen LogP contribution in [-0.4, -0.2) is 15.0 Å². The molecule has 0 radical (unpaired) electrons. The summed E-state index contributed by atoms with van der Waals surface area (Å²) in [4.78, 5) is 15.6. The first-order chi connectivity index (χ1) is 26.0. The molecule has 0 N–H and O–H groups in total. The van der Waals surface area contributed by atoms with Crippen molar-refractivity contribution in [2.75, 3.05) is 0 Å². The molecule has 0 spiro atoms. The third-order valence-electron chi connectivity index (χ3n) is 10.9. The Hall–Kier alpha value is -6.43. The van der Waals surface area contributed by atoms with E-state index in [0.717, 1.165) is 44.2 Å². The molecule has 3 heterocycles. The van der Waals surface area contributed by atoms with Crippen molar-refractivity contribution in [3.8, 4) is 56.4 Å². The fourth-order valence-corrected chi connectivity index (χ4v) is 9.74. The van der Waals surface area contributed by atoms with Gasteiger partial charge in [-0.1, -0.05) is 135 Å². The second-order valence-electron chi connectivity index (χ2n) is 14.3. The van der Waals surface area contributed by atoms with Gasteiger partial charge >= 0.3 is 0 Å². The Labute approximate surface area is 310 Å². The van der Waals surface area contributed by atoms with Crippen molar-refractivity contribution in [2.45, 2.75) is 19.3 Å². The lowest BCUT2D eigenvalue weighted by Gasteiger charge is -2.24. The third kappa shape index (κ3) is 4.51. The maximum absolute atomic E-state index is 6.54. The summed E-state index contributed by atoms with van der Waals surface area (Å²) in [6, 6.07) is 53.5. The molecule has 0 fully saturated rings. The van der Waals surface area contributed by atoms with Gasteiger partial charge in [-0.3, -0.25) is 0 Å². The molecule has 7 aromatic carbocycles. The molecule has 1 aliphatic rings. The van der Waals surface area contributed by atoms with E-state index < -0.39 is 0 Å². The molecule has 4 nitrogen and oxygen atoms in total. The minimum atomic E-state index is -0.131. The standard InChI is InChI=1S/C48H31N3OS/c1-48(2)38-22-8-6-15-31(38)33-18-10-17-30(43(33)48)29-25-26-39-37(27-29)42-35(20-12-23-40(42)52-39)46-49-45(28-13-4-3-5-14-28)50-47(51-46)36-21-11-19-34-32-16-7-9-24-41(32)53-44(34)36/h3-27H,1-2H3. The topological polar surface area (TPSA) is 51.8 Å². The van der Waals surface area contributed by atoms with Gasteiger partial charge in [-0.05, 0) is 63.7 Å². The quantitative estimate of drug-likeness (QED) is 0.184. The normalized spacial score (nSPS) is 13.2. The highest BCUT2D eigenvalue weighted by Crippen LogP contribution is 2.52. The summed E-state index contributed by atoms with van der Waals surface area (Å²) in [6.07, 6.45) is 0. The fraction of sp³-hybridized carbons (Fsp3) is 0.0625. The molecule has 0 saturated carbocycles. The predicted molar refractivity (Wildman–Crippen MR) is 219 cm³/mol. The van der Waals surface area contributed by atoms with E-state index in [0.29, 0.717) is 17.5 Å². The number of benzene rings is 7. The second kappa shape index (κ2) is 11.3. The van der Waals surface area contributed by atoms with Crippen molar-refractivity contribution in [1.82, 2.24) is 15.0 Å². The lowest BCUT2D eigenvalue weighted by atomic mass is 9.79. The number of furan rings is 1. The minimum absolute atomic E-state index is 0.131. The van der Waals surface area contributed by atoms with Crippen molar-refractivity contribution in [3.63, 3.8) is 0 Å². The third-order valence-corrected chi connectivity index (χ3v) is 12.2. The van der Waals surface area contributed by atoms with Gasteiger partial charge in [0.25, 0.3) is 0 Å². The minimum Gasteiger partial charge on any atom is -0.456 e. The van der Waals surface area contributed by atoms with Crippen LogP contribution in [0, 0.1) is 0 Å². The SMILES string of the molecule is CC1(C)c2ccccc2-c2cccc(-c3ccc4oc5cccc(-c6nc(-c7ccccc7)nc(-c7cccc8c7sc7ccccc78)n6)c5c4c3)c21. The summed E-state index contributed by atoms with van der Waals surface area (Å²) in [5.41, 5.74) is 12.1. The molecular weight excluding hydrogens is 667 g/mol. The molecule has 10 aromatic rings. The molecule has 3 aromatic heterocycles. The van der Waals surface area contributed by atoms with Crippen molar-refractivity contribution in [1.29, 1.82) is 0 Å². The van der Waals surface area contributed by atoms with Crippen LogP contribution in [0.25, 0.3) is 98.5 Å². The Morgan fingerprint density at radius 1 is 0.472 bits per heavy atom. The first-order valence-corrected chi connectivity index (χ1v) is 18.8. The largest absolute Gasteiger partial charge is 0.456 e. The molecule has 0 unspecified atom stereocenters. The molecule has 0 bridgehead atoms. The van der Waals surface area contributed by atoms with Crippen LogP contribution >= 0.6 is 11.3 Å². The monoisotopic (exact) mass is 697 g/mol. The number of thiophene rings is 1. The highest BCUT2D eigenvalue weighted by Gasteiger charge is 2.37. The number of fused-ring (bicyclic) bond motifs is 9. The highest BCUT2D eigenvalue weighted by molar-refractivity contribution is 7.26. The zero-order chi connectivity index (χ0) is 35.3. The summed E-state index contributed by atoms with van der Waals surface area (Å²) in [5.74, 6) is 1.90. The van der Waals surface area contributed by atoms with Crippen LogP contribution in [0.3, 0.4) is 0 Å². The van der Waals surface area contributed by atoms with Crippen LogP contribution in [-0.2, 0) is 5.41 Å². The molecule has 11 rings (SSSR count). The van der Waals surface area contributed by atoms with Gasteiger partial charge in [-0.25, -0.2) is 15.0 Å². The zero-order valence-electron chi connectivity index (χ0n) is 29.1. The van der Waals surface area contributed by atoms with E-state index in [1.807, 2.05) is 30.3 Å².